The predicted octanol–water partition coefficient (Wildman–Crippen LogP) is 4.03. The molecule has 0 unspecified atom stereocenters. The first kappa shape index (κ1) is 23.7. The maximum absolute atomic E-state index is 13.9. The lowest BCUT2D eigenvalue weighted by atomic mass is 9.97. The van der Waals surface area contributed by atoms with Crippen molar-refractivity contribution >= 4 is 29.1 Å². The number of oxazole rings is 1. The van der Waals surface area contributed by atoms with E-state index in [1.54, 1.807) is 35.2 Å². The number of piperazine rings is 1. The fourth-order valence-electron chi connectivity index (χ4n) is 3.73. The van der Waals surface area contributed by atoms with Gasteiger partial charge >= 0.3 is 5.97 Å². The molecule has 0 aliphatic carbocycles. The van der Waals surface area contributed by atoms with Crippen LogP contribution in [-0.2, 0) is 16.1 Å². The first-order valence-electron chi connectivity index (χ1n) is 10.7. The van der Waals surface area contributed by atoms with Gasteiger partial charge in [-0.15, -0.1) is 0 Å². The maximum Gasteiger partial charge on any atom is 0.360 e. The van der Waals surface area contributed by atoms with Crippen LogP contribution in [-0.4, -0.2) is 59.9 Å². The number of aromatic nitrogens is 1. The Morgan fingerprint density at radius 1 is 1.12 bits per heavy atom. The summed E-state index contributed by atoms with van der Waals surface area (Å²) in [5.74, 6) is -0.665. The van der Waals surface area contributed by atoms with Crippen LogP contribution in [0.2, 0.25) is 5.02 Å². The number of methoxy groups -OCH3 is 1. The molecule has 176 valence electrons. The molecule has 0 spiro atoms. The predicted molar refractivity (Wildman–Crippen MR) is 125 cm³/mol. The standard InChI is InChI=1S/C25H23ClFN3O4/c1-33-25(32)22-16-34-23(28-22)15-29-9-11-30(12-10-29)24(31)14-21(17-5-7-19(26)8-6-17)18-3-2-4-20(27)13-18/h2-8,13-14,16H,9-12,15H2,1H3/b21-14+. The molecule has 1 aromatic heterocycles. The maximum atomic E-state index is 13.9. The average molecular weight is 484 g/mol. The molecule has 1 aliphatic heterocycles. The van der Waals surface area contributed by atoms with Gasteiger partial charge < -0.3 is 14.1 Å². The number of esters is 1. The number of halogens is 2. The Kier molecular flexibility index (Phi) is 7.40. The fourth-order valence-corrected chi connectivity index (χ4v) is 3.86. The molecular formula is C25H23ClFN3O4. The van der Waals surface area contributed by atoms with Gasteiger partial charge in [-0.2, -0.15) is 0 Å². The van der Waals surface area contributed by atoms with Crippen molar-refractivity contribution in [1.82, 2.24) is 14.8 Å². The second-order valence-electron chi connectivity index (χ2n) is 7.79. The van der Waals surface area contributed by atoms with Crippen LogP contribution in [0.4, 0.5) is 4.39 Å². The lowest BCUT2D eigenvalue weighted by Gasteiger charge is -2.33. The number of benzene rings is 2. The van der Waals surface area contributed by atoms with Gasteiger partial charge in [0.2, 0.25) is 11.8 Å². The van der Waals surface area contributed by atoms with Crippen molar-refractivity contribution in [2.75, 3.05) is 33.3 Å². The van der Waals surface area contributed by atoms with E-state index in [2.05, 4.69) is 14.6 Å². The fraction of sp³-hybridized carbons (Fsp3) is 0.240. The summed E-state index contributed by atoms with van der Waals surface area (Å²) < 4.78 is 23.9. The Balaban J connectivity index is 1.45. The van der Waals surface area contributed by atoms with E-state index < -0.39 is 5.97 Å². The van der Waals surface area contributed by atoms with Crippen LogP contribution in [0.15, 0.2) is 65.3 Å². The van der Waals surface area contributed by atoms with Crippen LogP contribution in [0.25, 0.3) is 5.57 Å². The van der Waals surface area contributed by atoms with E-state index in [4.69, 9.17) is 16.0 Å². The highest BCUT2D eigenvalue weighted by Crippen LogP contribution is 2.26. The topological polar surface area (TPSA) is 75.9 Å². The smallest absolute Gasteiger partial charge is 0.360 e. The van der Waals surface area contributed by atoms with Crippen LogP contribution in [0.1, 0.15) is 27.5 Å². The first-order valence-corrected chi connectivity index (χ1v) is 11.1. The van der Waals surface area contributed by atoms with E-state index in [0.717, 1.165) is 5.56 Å². The summed E-state index contributed by atoms with van der Waals surface area (Å²) in [6, 6.07) is 13.3. The zero-order valence-electron chi connectivity index (χ0n) is 18.5. The summed E-state index contributed by atoms with van der Waals surface area (Å²) >= 11 is 6.02. The lowest BCUT2D eigenvalue weighted by molar-refractivity contribution is -0.127. The van der Waals surface area contributed by atoms with Gasteiger partial charge in [-0.3, -0.25) is 9.69 Å². The van der Waals surface area contributed by atoms with Crippen molar-refractivity contribution in [3.8, 4) is 0 Å². The van der Waals surface area contributed by atoms with Gasteiger partial charge in [-0.05, 0) is 41.0 Å². The number of hydrogen-bond donors (Lipinski definition) is 0. The molecule has 1 aliphatic rings. The van der Waals surface area contributed by atoms with Gasteiger partial charge in [0, 0.05) is 37.3 Å². The molecule has 0 saturated carbocycles. The van der Waals surface area contributed by atoms with Crippen molar-refractivity contribution in [3.63, 3.8) is 0 Å². The minimum absolute atomic E-state index is 0.128. The molecule has 1 saturated heterocycles. The van der Waals surface area contributed by atoms with E-state index in [9.17, 15) is 14.0 Å². The quantitative estimate of drug-likeness (QED) is 0.389. The minimum atomic E-state index is -0.549. The summed E-state index contributed by atoms with van der Waals surface area (Å²) in [5, 5.41) is 0.578. The van der Waals surface area contributed by atoms with Gasteiger partial charge in [0.05, 0.1) is 13.7 Å². The summed E-state index contributed by atoms with van der Waals surface area (Å²) in [6.45, 7) is 2.68. The molecule has 0 atom stereocenters. The number of nitrogens with zero attached hydrogens (tertiary/aromatic N) is 3. The van der Waals surface area contributed by atoms with E-state index in [1.165, 1.54) is 25.5 Å². The zero-order valence-corrected chi connectivity index (χ0v) is 19.3. The second-order valence-corrected chi connectivity index (χ2v) is 8.23. The van der Waals surface area contributed by atoms with Crippen LogP contribution < -0.4 is 0 Å². The molecular weight excluding hydrogens is 461 g/mol. The van der Waals surface area contributed by atoms with Crippen molar-refractivity contribution in [2.45, 2.75) is 6.54 Å². The van der Waals surface area contributed by atoms with Crippen molar-refractivity contribution < 1.29 is 23.1 Å². The zero-order chi connectivity index (χ0) is 24.1. The molecule has 2 aromatic carbocycles. The SMILES string of the molecule is COC(=O)c1coc(CN2CCN(C(=O)/C=C(\c3ccc(Cl)cc3)c3cccc(F)c3)CC2)n1. The Labute approximate surface area is 201 Å². The molecule has 0 bridgehead atoms. The summed E-state index contributed by atoms with van der Waals surface area (Å²) in [7, 11) is 1.29. The van der Waals surface area contributed by atoms with Gasteiger partial charge in [-0.1, -0.05) is 35.9 Å². The Hall–Kier alpha value is -3.49. The second kappa shape index (κ2) is 10.6. The van der Waals surface area contributed by atoms with E-state index in [1.807, 2.05) is 12.1 Å². The molecule has 7 nitrogen and oxygen atoms in total. The third-order valence-corrected chi connectivity index (χ3v) is 5.80. The third-order valence-electron chi connectivity index (χ3n) is 5.55. The molecule has 0 N–H and O–H groups in total. The number of rotatable bonds is 6. The Morgan fingerprint density at radius 2 is 1.85 bits per heavy atom. The van der Waals surface area contributed by atoms with E-state index >= 15 is 0 Å². The summed E-state index contributed by atoms with van der Waals surface area (Å²) in [6.07, 6.45) is 2.82. The van der Waals surface area contributed by atoms with Crippen molar-refractivity contribution in [3.05, 3.63) is 94.4 Å². The number of carbonyl (C=O) groups is 2. The van der Waals surface area contributed by atoms with Crippen LogP contribution >= 0.6 is 11.6 Å². The molecule has 4 rings (SSSR count). The number of carbonyl (C=O) groups excluding carboxylic acids is 2. The molecule has 34 heavy (non-hydrogen) atoms. The largest absolute Gasteiger partial charge is 0.464 e. The number of hydrogen-bond acceptors (Lipinski definition) is 6. The monoisotopic (exact) mass is 483 g/mol. The van der Waals surface area contributed by atoms with Gasteiger partial charge in [0.1, 0.15) is 12.1 Å². The summed E-state index contributed by atoms with van der Waals surface area (Å²) in [5.41, 5.74) is 2.13. The molecule has 1 amide bonds. The molecule has 9 heteroatoms. The molecule has 1 fully saturated rings. The third kappa shape index (κ3) is 5.70. The highest BCUT2D eigenvalue weighted by molar-refractivity contribution is 6.30. The van der Waals surface area contributed by atoms with Crippen LogP contribution in [0, 0.1) is 5.82 Å². The van der Waals surface area contributed by atoms with E-state index in [0.29, 0.717) is 54.8 Å². The highest BCUT2D eigenvalue weighted by Gasteiger charge is 2.23. The van der Waals surface area contributed by atoms with Crippen LogP contribution in [0.5, 0.6) is 0 Å². The Bertz CT molecular complexity index is 1200. The van der Waals surface area contributed by atoms with Crippen molar-refractivity contribution in [1.29, 1.82) is 0 Å². The normalized spacial score (nSPS) is 14.8. The molecule has 3 aromatic rings. The van der Waals surface area contributed by atoms with Gasteiger partial charge in [-0.25, -0.2) is 14.2 Å². The van der Waals surface area contributed by atoms with Crippen LogP contribution in [0.3, 0.4) is 0 Å². The average Bonchev–Trinajstić information content (AvgIpc) is 3.31. The number of amides is 1. The number of ether oxygens (including phenoxy) is 1. The van der Waals surface area contributed by atoms with Gasteiger partial charge in [0.15, 0.2) is 5.69 Å². The summed E-state index contributed by atoms with van der Waals surface area (Å²) in [4.78, 5) is 32.6. The Morgan fingerprint density at radius 3 is 2.53 bits per heavy atom. The minimum Gasteiger partial charge on any atom is -0.464 e. The highest BCUT2D eigenvalue weighted by atomic mass is 35.5. The molecule has 2 heterocycles. The lowest BCUT2D eigenvalue weighted by Crippen LogP contribution is -2.47. The van der Waals surface area contributed by atoms with E-state index in [-0.39, 0.29) is 17.4 Å². The molecule has 0 radical (unpaired) electrons. The van der Waals surface area contributed by atoms with Crippen molar-refractivity contribution in [2.24, 2.45) is 0 Å². The first-order chi connectivity index (χ1) is 16.4. The van der Waals surface area contributed by atoms with Gasteiger partial charge in [0.25, 0.3) is 0 Å².